The normalized spacial score (nSPS) is 11.5. The third kappa shape index (κ3) is 4.72. The summed E-state index contributed by atoms with van der Waals surface area (Å²) in [6.45, 7) is 5.54. The number of benzene rings is 1. The highest BCUT2D eigenvalue weighted by molar-refractivity contribution is 7.98. The second-order valence-corrected chi connectivity index (χ2v) is 8.70. The minimum absolute atomic E-state index is 0.118. The molecule has 0 unspecified atom stereocenters. The first-order chi connectivity index (χ1) is 15.5. The van der Waals surface area contributed by atoms with Crippen LogP contribution in [0.15, 0.2) is 57.3 Å². The predicted octanol–water partition coefficient (Wildman–Crippen LogP) is 4.09. The molecule has 4 rings (SSSR count). The number of fused-ring (bicyclic) bond motifs is 2. The Bertz CT molecular complexity index is 1400. The minimum atomic E-state index is -0.137. The van der Waals surface area contributed by atoms with E-state index in [1.807, 2.05) is 26.0 Å². The van der Waals surface area contributed by atoms with Crippen molar-refractivity contribution in [1.82, 2.24) is 18.9 Å². The molecule has 0 N–H and O–H groups in total. The van der Waals surface area contributed by atoms with Crippen LogP contribution in [0.4, 0.5) is 0 Å². The second-order valence-electron chi connectivity index (χ2n) is 7.32. The lowest BCUT2D eigenvalue weighted by Crippen LogP contribution is -2.24. The molecule has 0 aliphatic carbocycles. The van der Waals surface area contributed by atoms with Crippen molar-refractivity contribution in [3.63, 3.8) is 0 Å². The molecule has 0 atom stereocenters. The quantitative estimate of drug-likeness (QED) is 0.219. The number of rotatable bonds is 8. The zero-order valence-electron chi connectivity index (χ0n) is 17.9. The average molecular weight is 471 g/mol. The highest BCUT2D eigenvalue weighted by Crippen LogP contribution is 2.23. The average Bonchev–Trinajstić information content (AvgIpc) is 2.77. The van der Waals surface area contributed by atoms with Crippen LogP contribution in [-0.2, 0) is 17.0 Å². The molecule has 0 aliphatic heterocycles. The molecular formula is C23H23ClN4O3S. The van der Waals surface area contributed by atoms with Crippen molar-refractivity contribution in [3.8, 4) is 0 Å². The third-order valence-electron chi connectivity index (χ3n) is 5.05. The van der Waals surface area contributed by atoms with Crippen LogP contribution in [0.25, 0.3) is 16.6 Å². The third-order valence-corrected chi connectivity index (χ3v) is 6.29. The lowest BCUT2D eigenvalue weighted by Gasteiger charge is -2.13. The van der Waals surface area contributed by atoms with Crippen LogP contribution in [-0.4, -0.2) is 32.1 Å². The van der Waals surface area contributed by atoms with Gasteiger partial charge in [-0.15, -0.1) is 0 Å². The van der Waals surface area contributed by atoms with Gasteiger partial charge in [-0.1, -0.05) is 29.4 Å². The minimum Gasteiger partial charge on any atom is -0.382 e. The van der Waals surface area contributed by atoms with E-state index in [4.69, 9.17) is 21.3 Å². The van der Waals surface area contributed by atoms with Crippen LogP contribution in [0.1, 0.15) is 24.6 Å². The number of pyridine rings is 1. The number of hydrogen-bond acceptors (Lipinski definition) is 6. The molecule has 0 amide bonds. The molecule has 0 aliphatic rings. The summed E-state index contributed by atoms with van der Waals surface area (Å²) >= 11 is 7.50. The van der Waals surface area contributed by atoms with Crippen LogP contribution in [0.3, 0.4) is 0 Å². The van der Waals surface area contributed by atoms with Crippen molar-refractivity contribution in [2.24, 2.45) is 0 Å². The van der Waals surface area contributed by atoms with Crippen molar-refractivity contribution in [3.05, 3.63) is 79.6 Å². The zero-order valence-corrected chi connectivity index (χ0v) is 19.4. The maximum absolute atomic E-state index is 13.2. The Balaban J connectivity index is 1.69. The van der Waals surface area contributed by atoms with E-state index in [2.05, 4.69) is 4.98 Å². The molecule has 32 heavy (non-hydrogen) atoms. The summed E-state index contributed by atoms with van der Waals surface area (Å²) in [6, 6.07) is 10.4. The Hall–Kier alpha value is -2.68. The van der Waals surface area contributed by atoms with Crippen molar-refractivity contribution >= 4 is 39.9 Å². The Kier molecular flexibility index (Phi) is 6.93. The summed E-state index contributed by atoms with van der Waals surface area (Å²) in [6.07, 6.45) is 2.40. The van der Waals surface area contributed by atoms with Gasteiger partial charge in [0.25, 0.3) is 11.1 Å². The van der Waals surface area contributed by atoms with Crippen molar-refractivity contribution in [1.29, 1.82) is 0 Å². The lowest BCUT2D eigenvalue weighted by molar-refractivity contribution is 0.140. The molecule has 3 heterocycles. The summed E-state index contributed by atoms with van der Waals surface area (Å²) in [7, 11) is 0. The van der Waals surface area contributed by atoms with Crippen LogP contribution in [0.5, 0.6) is 0 Å². The second kappa shape index (κ2) is 9.85. The molecule has 166 valence electrons. The highest BCUT2D eigenvalue weighted by Gasteiger charge is 2.13. The molecule has 1 aromatic carbocycles. The van der Waals surface area contributed by atoms with Gasteiger partial charge in [-0.2, -0.15) is 0 Å². The van der Waals surface area contributed by atoms with Gasteiger partial charge in [-0.25, -0.2) is 9.97 Å². The fourth-order valence-electron chi connectivity index (χ4n) is 3.47. The van der Waals surface area contributed by atoms with Gasteiger partial charge in [0.2, 0.25) is 0 Å². The van der Waals surface area contributed by atoms with Gasteiger partial charge >= 0.3 is 0 Å². The molecule has 0 radical (unpaired) electrons. The van der Waals surface area contributed by atoms with Crippen LogP contribution in [0.2, 0.25) is 5.02 Å². The van der Waals surface area contributed by atoms with Gasteiger partial charge in [0, 0.05) is 42.8 Å². The molecule has 0 fully saturated rings. The van der Waals surface area contributed by atoms with E-state index in [9.17, 15) is 9.59 Å². The van der Waals surface area contributed by atoms with E-state index in [0.29, 0.717) is 64.4 Å². The van der Waals surface area contributed by atoms with Gasteiger partial charge in [-0.3, -0.25) is 18.6 Å². The number of hydrogen-bond donors (Lipinski definition) is 0. The van der Waals surface area contributed by atoms with Gasteiger partial charge in [0.1, 0.15) is 5.65 Å². The molecule has 0 spiro atoms. The van der Waals surface area contributed by atoms with Gasteiger partial charge in [0.15, 0.2) is 5.16 Å². The first-order valence-electron chi connectivity index (χ1n) is 10.4. The maximum atomic E-state index is 13.2. The largest absolute Gasteiger partial charge is 0.382 e. The van der Waals surface area contributed by atoms with Gasteiger partial charge in [-0.05, 0) is 50.1 Å². The van der Waals surface area contributed by atoms with E-state index in [0.717, 1.165) is 5.56 Å². The maximum Gasteiger partial charge on any atom is 0.262 e. The summed E-state index contributed by atoms with van der Waals surface area (Å²) in [5, 5.41) is 1.61. The monoisotopic (exact) mass is 470 g/mol. The summed E-state index contributed by atoms with van der Waals surface area (Å²) < 4.78 is 8.62. The number of halogens is 1. The van der Waals surface area contributed by atoms with E-state index < -0.39 is 0 Å². The van der Waals surface area contributed by atoms with Crippen molar-refractivity contribution < 1.29 is 4.74 Å². The predicted molar refractivity (Wildman–Crippen MR) is 128 cm³/mol. The SMILES string of the molecule is CCOCCCn1c(SCc2cc(=O)n3cccc(C)c3n2)nc2cc(Cl)ccc2c1=O. The number of nitrogens with zero attached hydrogens (tertiary/aromatic N) is 4. The number of aryl methyl sites for hydroxylation is 1. The Labute approximate surface area is 194 Å². The summed E-state index contributed by atoms with van der Waals surface area (Å²) in [5.41, 5.74) is 2.48. The molecule has 9 heteroatoms. The van der Waals surface area contributed by atoms with Gasteiger partial charge in [0.05, 0.1) is 16.6 Å². The summed E-state index contributed by atoms with van der Waals surface area (Å²) in [4.78, 5) is 35.0. The lowest BCUT2D eigenvalue weighted by atomic mass is 10.2. The van der Waals surface area contributed by atoms with Crippen molar-refractivity contribution in [2.75, 3.05) is 13.2 Å². The molecule has 0 saturated heterocycles. The molecule has 0 bridgehead atoms. The highest BCUT2D eigenvalue weighted by atomic mass is 35.5. The number of thioether (sulfide) groups is 1. The first kappa shape index (κ1) is 22.5. The standard InChI is InChI=1S/C23H23ClN4O3S/c1-3-31-11-5-10-28-22(30)18-8-7-16(24)12-19(18)26-23(28)32-14-17-13-20(29)27-9-4-6-15(2)21(27)25-17/h4,6-9,12-13H,3,5,10-11,14H2,1-2H3. The summed E-state index contributed by atoms with van der Waals surface area (Å²) in [5.74, 6) is 0.407. The molecule has 4 aromatic rings. The topological polar surface area (TPSA) is 78.5 Å². The first-order valence-corrected chi connectivity index (χ1v) is 11.7. The van der Waals surface area contributed by atoms with Gasteiger partial charge < -0.3 is 4.74 Å². The number of aromatic nitrogens is 4. The Morgan fingerprint density at radius 3 is 2.81 bits per heavy atom. The fraction of sp³-hybridized carbons (Fsp3) is 0.304. The number of ether oxygens (including phenoxy) is 1. The molecule has 7 nitrogen and oxygen atoms in total. The molecular weight excluding hydrogens is 448 g/mol. The Morgan fingerprint density at radius 1 is 1.16 bits per heavy atom. The molecule has 3 aromatic heterocycles. The van der Waals surface area contributed by atoms with E-state index in [1.54, 1.807) is 29.0 Å². The smallest absolute Gasteiger partial charge is 0.262 e. The van der Waals surface area contributed by atoms with E-state index in [1.165, 1.54) is 22.2 Å². The van der Waals surface area contributed by atoms with Crippen LogP contribution in [0, 0.1) is 6.92 Å². The van der Waals surface area contributed by atoms with E-state index in [-0.39, 0.29) is 11.1 Å². The van der Waals surface area contributed by atoms with E-state index >= 15 is 0 Å². The molecule has 0 saturated carbocycles. The fourth-order valence-corrected chi connectivity index (χ4v) is 4.56. The van der Waals surface area contributed by atoms with Crippen LogP contribution < -0.4 is 11.1 Å². The zero-order chi connectivity index (χ0) is 22.7. The Morgan fingerprint density at radius 2 is 2.00 bits per heavy atom. The van der Waals surface area contributed by atoms with Crippen LogP contribution >= 0.6 is 23.4 Å². The van der Waals surface area contributed by atoms with Crippen molar-refractivity contribution in [2.45, 2.75) is 37.7 Å².